The number of aryl methyl sites for hydroxylation is 2. The van der Waals surface area contributed by atoms with Crippen molar-refractivity contribution in [3.05, 3.63) is 17.5 Å². The number of hydrogen-bond acceptors (Lipinski definition) is 3. The Labute approximate surface area is 113 Å². The number of carbonyl (C=O) groups is 1. The Morgan fingerprint density at radius 1 is 1.37 bits per heavy atom. The Balaban J connectivity index is 2.01. The predicted octanol–water partition coefficient (Wildman–Crippen LogP) is 1.27. The molecule has 1 amide bonds. The molecular formula is C14H22N4O. The third-order valence-corrected chi connectivity index (χ3v) is 4.23. The highest BCUT2D eigenvalue weighted by molar-refractivity contribution is 5.78. The quantitative estimate of drug-likeness (QED) is 0.873. The molecule has 104 valence electrons. The second-order valence-corrected chi connectivity index (χ2v) is 5.88. The molecule has 0 aromatic carbocycles. The predicted molar refractivity (Wildman–Crippen MR) is 72.4 cm³/mol. The van der Waals surface area contributed by atoms with Gasteiger partial charge in [-0.1, -0.05) is 0 Å². The van der Waals surface area contributed by atoms with Crippen LogP contribution in [-0.4, -0.2) is 32.7 Å². The average molecular weight is 262 g/mol. The van der Waals surface area contributed by atoms with E-state index >= 15 is 0 Å². The largest absolute Gasteiger partial charge is 0.331 e. The lowest BCUT2D eigenvalue weighted by Gasteiger charge is -2.33. The van der Waals surface area contributed by atoms with Crippen LogP contribution in [0, 0.1) is 6.92 Å². The van der Waals surface area contributed by atoms with Crippen molar-refractivity contribution in [3.8, 4) is 0 Å². The first-order chi connectivity index (χ1) is 9.08. The molecule has 2 fully saturated rings. The number of carbonyl (C=O) groups excluding carboxylic acids is 1. The van der Waals surface area contributed by atoms with Gasteiger partial charge in [-0.25, -0.2) is 0 Å². The molecule has 5 heteroatoms. The smallest absolute Gasteiger partial charge is 0.223 e. The van der Waals surface area contributed by atoms with E-state index in [0.717, 1.165) is 36.9 Å². The Hall–Kier alpha value is -1.36. The third-order valence-electron chi connectivity index (χ3n) is 4.23. The Morgan fingerprint density at radius 3 is 2.68 bits per heavy atom. The molecular weight excluding hydrogens is 240 g/mol. The number of likely N-dealkylation sites (tertiary alicyclic amines) is 1. The minimum atomic E-state index is 0.0104. The van der Waals surface area contributed by atoms with Crippen LogP contribution in [0.25, 0.3) is 0 Å². The summed E-state index contributed by atoms with van der Waals surface area (Å²) in [5, 5.41) is 4.41. The van der Waals surface area contributed by atoms with Crippen LogP contribution in [0.15, 0.2) is 6.20 Å². The molecule has 1 aliphatic carbocycles. The maximum atomic E-state index is 12.4. The van der Waals surface area contributed by atoms with E-state index in [4.69, 9.17) is 5.73 Å². The van der Waals surface area contributed by atoms with Crippen LogP contribution in [0.1, 0.15) is 49.4 Å². The summed E-state index contributed by atoms with van der Waals surface area (Å²) in [6, 6.07) is 0.437. The molecule has 1 aromatic rings. The highest BCUT2D eigenvalue weighted by Crippen LogP contribution is 2.39. The van der Waals surface area contributed by atoms with E-state index in [1.165, 1.54) is 0 Å². The second kappa shape index (κ2) is 4.63. The van der Waals surface area contributed by atoms with E-state index in [-0.39, 0.29) is 18.0 Å². The van der Waals surface area contributed by atoms with Crippen LogP contribution >= 0.6 is 0 Å². The first kappa shape index (κ1) is 12.7. The van der Waals surface area contributed by atoms with Gasteiger partial charge >= 0.3 is 0 Å². The van der Waals surface area contributed by atoms with Crippen molar-refractivity contribution in [1.82, 2.24) is 14.7 Å². The first-order valence-electron chi connectivity index (χ1n) is 7.15. The fourth-order valence-corrected chi connectivity index (χ4v) is 3.21. The molecule has 1 saturated heterocycles. The van der Waals surface area contributed by atoms with Gasteiger partial charge in [0.1, 0.15) is 0 Å². The maximum Gasteiger partial charge on any atom is 0.223 e. The van der Waals surface area contributed by atoms with Gasteiger partial charge in [0.25, 0.3) is 0 Å². The van der Waals surface area contributed by atoms with Gasteiger partial charge in [-0.05, 0) is 32.6 Å². The summed E-state index contributed by atoms with van der Waals surface area (Å²) >= 11 is 0. The minimum Gasteiger partial charge on any atom is -0.331 e. The fraction of sp³-hybridized carbons (Fsp3) is 0.714. The minimum absolute atomic E-state index is 0.0104. The van der Waals surface area contributed by atoms with Gasteiger partial charge in [0.15, 0.2) is 0 Å². The molecule has 1 aliphatic heterocycles. The van der Waals surface area contributed by atoms with Crippen LogP contribution in [0.4, 0.5) is 0 Å². The zero-order valence-electron chi connectivity index (χ0n) is 11.7. The van der Waals surface area contributed by atoms with Crippen molar-refractivity contribution in [2.45, 2.75) is 57.2 Å². The van der Waals surface area contributed by atoms with Crippen molar-refractivity contribution in [1.29, 1.82) is 0 Å². The lowest BCUT2D eigenvalue weighted by Crippen LogP contribution is -2.43. The van der Waals surface area contributed by atoms with Gasteiger partial charge in [-0.2, -0.15) is 5.10 Å². The Morgan fingerprint density at radius 2 is 2.11 bits per heavy atom. The van der Waals surface area contributed by atoms with E-state index in [0.29, 0.717) is 12.5 Å². The second-order valence-electron chi connectivity index (χ2n) is 5.88. The fourth-order valence-electron chi connectivity index (χ4n) is 3.21. The number of amides is 1. The maximum absolute atomic E-state index is 12.4. The molecule has 2 unspecified atom stereocenters. The van der Waals surface area contributed by atoms with Gasteiger partial charge in [-0.15, -0.1) is 0 Å². The zero-order chi connectivity index (χ0) is 13.6. The lowest BCUT2D eigenvalue weighted by molar-refractivity contribution is -0.133. The summed E-state index contributed by atoms with van der Waals surface area (Å²) in [6.07, 6.45) is 6.71. The number of aromatic nitrogens is 2. The zero-order valence-corrected chi connectivity index (χ0v) is 11.7. The molecule has 5 nitrogen and oxygen atoms in total. The summed E-state index contributed by atoms with van der Waals surface area (Å²) in [4.78, 5) is 14.4. The summed E-state index contributed by atoms with van der Waals surface area (Å²) in [5.74, 6) is 0.267. The summed E-state index contributed by atoms with van der Waals surface area (Å²) in [5.41, 5.74) is 8.49. The number of hydrogen-bond donors (Lipinski definition) is 1. The van der Waals surface area contributed by atoms with E-state index in [2.05, 4.69) is 10.00 Å². The number of rotatable bonds is 2. The van der Waals surface area contributed by atoms with E-state index in [1.807, 2.05) is 24.9 Å². The van der Waals surface area contributed by atoms with Gasteiger partial charge in [0, 0.05) is 37.3 Å². The van der Waals surface area contributed by atoms with Crippen molar-refractivity contribution >= 4 is 5.91 Å². The highest BCUT2D eigenvalue weighted by Gasteiger charge is 2.42. The van der Waals surface area contributed by atoms with Crippen LogP contribution < -0.4 is 5.73 Å². The van der Waals surface area contributed by atoms with Gasteiger partial charge < -0.3 is 10.6 Å². The molecule has 3 rings (SSSR count). The number of nitrogens with two attached hydrogens (primary N) is 1. The molecule has 2 aliphatic rings. The molecule has 1 saturated carbocycles. The van der Waals surface area contributed by atoms with Crippen LogP contribution in [-0.2, 0) is 11.8 Å². The molecule has 2 atom stereocenters. The van der Waals surface area contributed by atoms with Crippen LogP contribution in [0.3, 0.4) is 0 Å². The van der Waals surface area contributed by atoms with Crippen LogP contribution in [0.2, 0.25) is 0 Å². The molecule has 2 N–H and O–H groups in total. The SMILES string of the molecule is Cc1nn(C)cc1C1C(N)CCCC(=O)N1C1CC1. The van der Waals surface area contributed by atoms with E-state index < -0.39 is 0 Å². The Kier molecular flexibility index (Phi) is 3.09. The lowest BCUT2D eigenvalue weighted by atomic mass is 9.97. The van der Waals surface area contributed by atoms with Gasteiger partial charge in [-0.3, -0.25) is 9.48 Å². The van der Waals surface area contributed by atoms with Crippen molar-refractivity contribution in [2.24, 2.45) is 12.8 Å². The van der Waals surface area contributed by atoms with Crippen molar-refractivity contribution in [2.75, 3.05) is 0 Å². The molecule has 0 radical (unpaired) electrons. The molecule has 19 heavy (non-hydrogen) atoms. The summed E-state index contributed by atoms with van der Waals surface area (Å²) in [7, 11) is 1.92. The number of nitrogens with zero attached hydrogens (tertiary/aromatic N) is 3. The van der Waals surface area contributed by atoms with Crippen molar-refractivity contribution in [3.63, 3.8) is 0 Å². The molecule has 0 spiro atoms. The standard InChI is InChI=1S/C14H22N4O/c1-9-11(8-17(2)16-9)14-12(15)4-3-5-13(19)18(14)10-6-7-10/h8,10,12,14H,3-7,15H2,1-2H3. The molecule has 1 aromatic heterocycles. The monoisotopic (exact) mass is 262 g/mol. The molecule has 0 bridgehead atoms. The van der Waals surface area contributed by atoms with Gasteiger partial charge in [0.2, 0.25) is 5.91 Å². The van der Waals surface area contributed by atoms with Crippen molar-refractivity contribution < 1.29 is 4.79 Å². The van der Waals surface area contributed by atoms with E-state index in [9.17, 15) is 4.79 Å². The average Bonchev–Trinajstić information content (AvgIpc) is 3.12. The molecule has 2 heterocycles. The summed E-state index contributed by atoms with van der Waals surface area (Å²) < 4.78 is 1.82. The highest BCUT2D eigenvalue weighted by atomic mass is 16.2. The van der Waals surface area contributed by atoms with E-state index in [1.54, 1.807) is 0 Å². The first-order valence-corrected chi connectivity index (χ1v) is 7.15. The summed E-state index contributed by atoms with van der Waals surface area (Å²) in [6.45, 7) is 2.00. The third kappa shape index (κ3) is 2.27. The Bertz CT molecular complexity index is 492. The normalized spacial score (nSPS) is 28.6. The van der Waals surface area contributed by atoms with Crippen LogP contribution in [0.5, 0.6) is 0 Å². The topological polar surface area (TPSA) is 64.2 Å². The van der Waals surface area contributed by atoms with Gasteiger partial charge in [0.05, 0.1) is 11.7 Å².